The molecule has 0 aliphatic carbocycles. The van der Waals surface area contributed by atoms with Crippen molar-refractivity contribution in [3.05, 3.63) is 65.5 Å². The van der Waals surface area contributed by atoms with E-state index >= 15 is 0 Å². The van der Waals surface area contributed by atoms with E-state index in [0.717, 1.165) is 4.90 Å². The van der Waals surface area contributed by atoms with Gasteiger partial charge in [-0.15, -0.1) is 0 Å². The standard InChI is InChI=1S/C18H13FN2O5/c19-13-7-3-4-8-14(13)20-15(22)10-26-16(23)9-21-17(24)11-5-1-2-6-12(11)18(21)25/h1-8H,9-10H2,(H,20,22). The molecular formula is C18H13FN2O5. The van der Waals surface area contributed by atoms with Crippen molar-refractivity contribution < 1.29 is 28.3 Å². The van der Waals surface area contributed by atoms with E-state index < -0.39 is 42.7 Å². The number of hydrogen-bond acceptors (Lipinski definition) is 5. The number of hydrogen-bond donors (Lipinski definition) is 1. The molecule has 2 aromatic rings. The van der Waals surface area contributed by atoms with Gasteiger partial charge < -0.3 is 10.1 Å². The van der Waals surface area contributed by atoms with Crippen LogP contribution in [-0.4, -0.2) is 41.7 Å². The second-order valence-electron chi connectivity index (χ2n) is 5.43. The zero-order valence-electron chi connectivity index (χ0n) is 13.4. The van der Waals surface area contributed by atoms with Gasteiger partial charge in [0.25, 0.3) is 17.7 Å². The monoisotopic (exact) mass is 356 g/mol. The fourth-order valence-corrected chi connectivity index (χ4v) is 2.45. The lowest BCUT2D eigenvalue weighted by Crippen LogP contribution is -2.36. The number of ether oxygens (including phenoxy) is 1. The molecule has 3 rings (SSSR count). The summed E-state index contributed by atoms with van der Waals surface area (Å²) in [5.74, 6) is -3.50. The third kappa shape index (κ3) is 3.44. The summed E-state index contributed by atoms with van der Waals surface area (Å²) in [4.78, 5) is 48.6. The molecule has 1 aliphatic heterocycles. The predicted molar refractivity (Wildman–Crippen MR) is 87.8 cm³/mol. The van der Waals surface area contributed by atoms with Crippen molar-refractivity contribution in [3.63, 3.8) is 0 Å². The average molecular weight is 356 g/mol. The topological polar surface area (TPSA) is 92.8 Å². The van der Waals surface area contributed by atoms with E-state index in [4.69, 9.17) is 4.74 Å². The molecule has 1 heterocycles. The number of rotatable bonds is 5. The summed E-state index contributed by atoms with van der Waals surface area (Å²) in [6.07, 6.45) is 0. The first-order valence-electron chi connectivity index (χ1n) is 7.62. The molecule has 3 amide bonds. The van der Waals surface area contributed by atoms with Gasteiger partial charge in [-0.1, -0.05) is 24.3 Å². The van der Waals surface area contributed by atoms with Crippen LogP contribution in [0.1, 0.15) is 20.7 Å². The average Bonchev–Trinajstić information content (AvgIpc) is 2.87. The zero-order chi connectivity index (χ0) is 18.7. The lowest BCUT2D eigenvalue weighted by atomic mass is 10.1. The Labute approximate surface area is 147 Å². The molecule has 0 radical (unpaired) electrons. The van der Waals surface area contributed by atoms with Crippen LogP contribution in [0.25, 0.3) is 0 Å². The number of anilines is 1. The Bertz CT molecular complexity index is 877. The van der Waals surface area contributed by atoms with Crippen LogP contribution < -0.4 is 5.32 Å². The SMILES string of the molecule is O=C(COC(=O)CN1C(=O)c2ccccc2C1=O)Nc1ccccc1F. The van der Waals surface area contributed by atoms with Crippen LogP contribution in [0.3, 0.4) is 0 Å². The second-order valence-corrected chi connectivity index (χ2v) is 5.43. The lowest BCUT2D eigenvalue weighted by molar-refractivity contribution is -0.147. The van der Waals surface area contributed by atoms with Crippen molar-refractivity contribution in [2.45, 2.75) is 0 Å². The molecule has 26 heavy (non-hydrogen) atoms. The maximum Gasteiger partial charge on any atom is 0.326 e. The third-order valence-corrected chi connectivity index (χ3v) is 3.68. The molecule has 0 unspecified atom stereocenters. The molecule has 2 aromatic carbocycles. The Hall–Kier alpha value is -3.55. The van der Waals surface area contributed by atoms with Gasteiger partial charge in [-0.25, -0.2) is 4.39 Å². The van der Waals surface area contributed by atoms with Gasteiger partial charge in [0, 0.05) is 0 Å². The minimum atomic E-state index is -0.928. The zero-order valence-corrected chi connectivity index (χ0v) is 13.4. The highest BCUT2D eigenvalue weighted by Crippen LogP contribution is 2.22. The van der Waals surface area contributed by atoms with Crippen molar-refractivity contribution >= 4 is 29.4 Å². The molecule has 0 aromatic heterocycles. The Kier molecular flexibility index (Phi) is 4.74. The Balaban J connectivity index is 1.54. The first-order chi connectivity index (χ1) is 12.5. The van der Waals surface area contributed by atoms with Gasteiger partial charge in [-0.3, -0.25) is 24.1 Å². The van der Waals surface area contributed by atoms with Crippen molar-refractivity contribution in [2.75, 3.05) is 18.5 Å². The summed E-state index contributed by atoms with van der Waals surface area (Å²) in [6, 6.07) is 11.7. The molecule has 0 bridgehead atoms. The van der Waals surface area contributed by atoms with Gasteiger partial charge in [0.15, 0.2) is 6.61 Å². The van der Waals surface area contributed by atoms with E-state index in [-0.39, 0.29) is 16.8 Å². The maximum atomic E-state index is 13.4. The summed E-state index contributed by atoms with van der Waals surface area (Å²) in [5.41, 5.74) is 0.374. The number of fused-ring (bicyclic) bond motifs is 1. The fraction of sp³-hybridized carbons (Fsp3) is 0.111. The van der Waals surface area contributed by atoms with Crippen molar-refractivity contribution in [1.82, 2.24) is 4.90 Å². The van der Waals surface area contributed by atoms with Crippen LogP contribution in [0.15, 0.2) is 48.5 Å². The molecule has 0 saturated heterocycles. The number of carbonyl (C=O) groups excluding carboxylic acids is 4. The van der Waals surface area contributed by atoms with E-state index in [9.17, 15) is 23.6 Å². The van der Waals surface area contributed by atoms with E-state index in [2.05, 4.69) is 5.32 Å². The minimum Gasteiger partial charge on any atom is -0.454 e. The van der Waals surface area contributed by atoms with Crippen LogP contribution in [0.5, 0.6) is 0 Å². The molecule has 0 spiro atoms. The Morgan fingerprint density at radius 2 is 1.54 bits per heavy atom. The van der Waals surface area contributed by atoms with Crippen LogP contribution in [-0.2, 0) is 14.3 Å². The summed E-state index contributed by atoms with van der Waals surface area (Å²) in [7, 11) is 0. The molecule has 8 heteroatoms. The lowest BCUT2D eigenvalue weighted by Gasteiger charge is -2.13. The smallest absolute Gasteiger partial charge is 0.326 e. The largest absolute Gasteiger partial charge is 0.454 e. The number of nitrogens with one attached hydrogen (secondary N) is 1. The van der Waals surface area contributed by atoms with Gasteiger partial charge in [0.2, 0.25) is 0 Å². The summed E-state index contributed by atoms with van der Waals surface area (Å²) >= 11 is 0. The van der Waals surface area contributed by atoms with Crippen LogP contribution in [0.4, 0.5) is 10.1 Å². The van der Waals surface area contributed by atoms with Gasteiger partial charge in [-0.05, 0) is 24.3 Å². The van der Waals surface area contributed by atoms with Crippen molar-refractivity contribution in [2.24, 2.45) is 0 Å². The number of amides is 3. The van der Waals surface area contributed by atoms with E-state index in [1.54, 1.807) is 12.1 Å². The predicted octanol–water partition coefficient (Wildman–Crippen LogP) is 1.60. The highest BCUT2D eigenvalue weighted by atomic mass is 19.1. The van der Waals surface area contributed by atoms with Crippen LogP contribution in [0.2, 0.25) is 0 Å². The van der Waals surface area contributed by atoms with Crippen LogP contribution in [0, 0.1) is 5.82 Å². The van der Waals surface area contributed by atoms with Gasteiger partial charge in [0.05, 0.1) is 16.8 Å². The molecule has 0 atom stereocenters. The van der Waals surface area contributed by atoms with Gasteiger partial charge in [0.1, 0.15) is 12.4 Å². The minimum absolute atomic E-state index is 0.0473. The number of esters is 1. The van der Waals surface area contributed by atoms with E-state index in [1.807, 2.05) is 0 Å². The Morgan fingerprint density at radius 1 is 0.962 bits per heavy atom. The summed E-state index contributed by atoms with van der Waals surface area (Å²) in [5, 5.41) is 2.25. The number of carbonyl (C=O) groups is 4. The number of imide groups is 1. The van der Waals surface area contributed by atoms with Gasteiger partial charge >= 0.3 is 5.97 Å². The first-order valence-corrected chi connectivity index (χ1v) is 7.62. The molecule has 1 N–H and O–H groups in total. The highest BCUT2D eigenvalue weighted by Gasteiger charge is 2.36. The summed E-state index contributed by atoms with van der Waals surface area (Å²) in [6.45, 7) is -1.28. The molecule has 0 fully saturated rings. The van der Waals surface area contributed by atoms with Crippen molar-refractivity contribution in [1.29, 1.82) is 0 Å². The molecule has 7 nitrogen and oxygen atoms in total. The normalized spacial score (nSPS) is 12.7. The van der Waals surface area contributed by atoms with E-state index in [0.29, 0.717) is 0 Å². The van der Waals surface area contributed by atoms with Crippen LogP contribution >= 0.6 is 0 Å². The highest BCUT2D eigenvalue weighted by molar-refractivity contribution is 6.22. The summed E-state index contributed by atoms with van der Waals surface area (Å²) < 4.78 is 18.2. The second kappa shape index (κ2) is 7.14. The molecular weight excluding hydrogens is 343 g/mol. The number of para-hydroxylation sites is 1. The number of nitrogens with zero attached hydrogens (tertiary/aromatic N) is 1. The molecule has 1 aliphatic rings. The fourth-order valence-electron chi connectivity index (χ4n) is 2.45. The van der Waals surface area contributed by atoms with Crippen molar-refractivity contribution in [3.8, 4) is 0 Å². The maximum absolute atomic E-state index is 13.4. The number of benzene rings is 2. The quantitative estimate of drug-likeness (QED) is 0.649. The van der Waals surface area contributed by atoms with Gasteiger partial charge in [-0.2, -0.15) is 0 Å². The first kappa shape index (κ1) is 17.3. The Morgan fingerprint density at radius 3 is 2.15 bits per heavy atom. The van der Waals surface area contributed by atoms with E-state index in [1.165, 1.54) is 36.4 Å². The molecule has 132 valence electrons. The molecule has 0 saturated carbocycles. The third-order valence-electron chi connectivity index (χ3n) is 3.68. The number of halogens is 1.